The second-order valence-electron chi connectivity index (χ2n) is 4.58. The van der Waals surface area contributed by atoms with E-state index in [4.69, 9.17) is 17.3 Å². The van der Waals surface area contributed by atoms with Crippen LogP contribution in [0.5, 0.6) is 0 Å². The zero-order valence-corrected chi connectivity index (χ0v) is 10.8. The molecule has 2 N–H and O–H groups in total. The maximum atomic E-state index is 14.0. The monoisotopic (exact) mass is 261 g/mol. The van der Waals surface area contributed by atoms with Crippen LogP contribution in [0.4, 0.5) is 8.78 Å². The van der Waals surface area contributed by atoms with Crippen molar-refractivity contribution in [1.82, 2.24) is 0 Å². The minimum absolute atomic E-state index is 0.0203. The first kappa shape index (κ1) is 14.4. The summed E-state index contributed by atoms with van der Waals surface area (Å²) >= 11 is 5.65. The first-order valence-corrected chi connectivity index (χ1v) is 6.12. The molecule has 0 saturated heterocycles. The summed E-state index contributed by atoms with van der Waals surface area (Å²) in [6.45, 7) is 4.10. The fourth-order valence-electron chi connectivity index (χ4n) is 1.91. The van der Waals surface area contributed by atoms with Crippen molar-refractivity contribution in [1.29, 1.82) is 0 Å². The molecule has 0 aliphatic heterocycles. The Hall–Kier alpha value is -0.670. The molecule has 0 aliphatic carbocycles. The molecular formula is C13H18ClF2N. The Bertz CT molecular complexity index is 368. The molecule has 0 spiro atoms. The molecule has 0 fully saturated rings. The average Bonchev–Trinajstić information content (AvgIpc) is 2.25. The zero-order chi connectivity index (χ0) is 13.0. The predicted octanol–water partition coefficient (Wildman–Crippen LogP) is 3.59. The van der Waals surface area contributed by atoms with Crippen LogP contribution in [0.2, 0.25) is 5.02 Å². The first-order valence-electron chi connectivity index (χ1n) is 5.74. The Balaban J connectivity index is 2.80. The number of hydrogen-bond acceptors (Lipinski definition) is 1. The van der Waals surface area contributed by atoms with Gasteiger partial charge in [0.25, 0.3) is 0 Å². The van der Waals surface area contributed by atoms with E-state index in [1.54, 1.807) is 12.1 Å². The lowest BCUT2D eigenvalue weighted by Crippen LogP contribution is -2.31. The van der Waals surface area contributed by atoms with Crippen molar-refractivity contribution < 1.29 is 8.78 Å². The van der Waals surface area contributed by atoms with Crippen molar-refractivity contribution in [2.75, 3.05) is 6.54 Å². The molecule has 0 radical (unpaired) electrons. The lowest BCUT2D eigenvalue weighted by atomic mass is 9.88. The van der Waals surface area contributed by atoms with Gasteiger partial charge in [-0.1, -0.05) is 37.6 Å². The minimum Gasteiger partial charge on any atom is -0.330 e. The van der Waals surface area contributed by atoms with Gasteiger partial charge in [-0.25, -0.2) is 8.78 Å². The molecule has 0 amide bonds. The lowest BCUT2D eigenvalue weighted by molar-refractivity contribution is 0.184. The number of benzene rings is 1. The van der Waals surface area contributed by atoms with Gasteiger partial charge >= 0.3 is 0 Å². The fraction of sp³-hybridized carbons (Fsp3) is 0.538. The minimum atomic E-state index is -1.15. The van der Waals surface area contributed by atoms with Crippen LogP contribution in [0.1, 0.15) is 19.4 Å². The molecule has 2 unspecified atom stereocenters. The summed E-state index contributed by atoms with van der Waals surface area (Å²) in [5.41, 5.74) is 5.85. The summed E-state index contributed by atoms with van der Waals surface area (Å²) in [6.07, 6.45) is -1.13. The highest BCUT2D eigenvalue weighted by molar-refractivity contribution is 6.30. The van der Waals surface area contributed by atoms with E-state index >= 15 is 0 Å². The van der Waals surface area contributed by atoms with Gasteiger partial charge in [-0.15, -0.1) is 0 Å². The van der Waals surface area contributed by atoms with Gasteiger partial charge < -0.3 is 5.73 Å². The molecule has 0 aliphatic rings. The van der Waals surface area contributed by atoms with E-state index in [1.165, 1.54) is 6.07 Å². The van der Waals surface area contributed by atoms with Crippen LogP contribution in [0.3, 0.4) is 0 Å². The van der Waals surface area contributed by atoms with Crippen molar-refractivity contribution >= 4 is 11.6 Å². The quantitative estimate of drug-likeness (QED) is 0.861. The topological polar surface area (TPSA) is 26.0 Å². The van der Waals surface area contributed by atoms with Crippen LogP contribution >= 0.6 is 11.6 Å². The van der Waals surface area contributed by atoms with E-state index in [0.717, 1.165) is 0 Å². The van der Waals surface area contributed by atoms with Crippen LogP contribution in [0.15, 0.2) is 18.2 Å². The molecule has 17 heavy (non-hydrogen) atoms. The Morgan fingerprint density at radius 1 is 1.35 bits per heavy atom. The van der Waals surface area contributed by atoms with Gasteiger partial charge in [-0.3, -0.25) is 0 Å². The summed E-state index contributed by atoms with van der Waals surface area (Å²) < 4.78 is 27.6. The van der Waals surface area contributed by atoms with E-state index in [2.05, 4.69) is 0 Å². The molecule has 96 valence electrons. The number of hydrogen-bond donors (Lipinski definition) is 1. The van der Waals surface area contributed by atoms with E-state index in [-0.39, 0.29) is 29.8 Å². The van der Waals surface area contributed by atoms with Gasteiger partial charge in [0.2, 0.25) is 0 Å². The molecule has 1 nitrogen and oxygen atoms in total. The molecule has 0 bridgehead atoms. The fourth-order valence-corrected chi connectivity index (χ4v) is 2.10. The summed E-state index contributed by atoms with van der Waals surface area (Å²) in [5, 5.41) is 0.0311. The zero-order valence-electron chi connectivity index (χ0n) is 10.1. The molecule has 0 heterocycles. The molecule has 1 aromatic carbocycles. The highest BCUT2D eigenvalue weighted by Gasteiger charge is 2.24. The Morgan fingerprint density at radius 3 is 2.53 bits per heavy atom. The van der Waals surface area contributed by atoms with Crippen molar-refractivity contribution in [3.63, 3.8) is 0 Å². The molecular weight excluding hydrogens is 244 g/mol. The second kappa shape index (κ2) is 6.31. The maximum absolute atomic E-state index is 14.0. The third kappa shape index (κ3) is 3.65. The van der Waals surface area contributed by atoms with Gasteiger partial charge in [0.15, 0.2) is 0 Å². The highest BCUT2D eigenvalue weighted by Crippen LogP contribution is 2.24. The van der Waals surface area contributed by atoms with Gasteiger partial charge in [0, 0.05) is 12.3 Å². The summed E-state index contributed by atoms with van der Waals surface area (Å²) in [5.74, 6) is -0.651. The maximum Gasteiger partial charge on any atom is 0.145 e. The third-order valence-corrected chi connectivity index (χ3v) is 3.33. The van der Waals surface area contributed by atoms with Gasteiger partial charge in [0.05, 0.1) is 5.02 Å². The summed E-state index contributed by atoms with van der Waals surface area (Å²) in [7, 11) is 0. The Labute approximate surface area is 106 Å². The van der Waals surface area contributed by atoms with Gasteiger partial charge in [0.1, 0.15) is 12.0 Å². The largest absolute Gasteiger partial charge is 0.330 e. The van der Waals surface area contributed by atoms with E-state index in [0.29, 0.717) is 5.56 Å². The van der Waals surface area contributed by atoms with E-state index in [1.807, 2.05) is 13.8 Å². The van der Waals surface area contributed by atoms with Gasteiger partial charge in [-0.05, 0) is 24.1 Å². The number of halogens is 3. The Morgan fingerprint density at radius 2 is 2.00 bits per heavy atom. The molecule has 1 rings (SSSR count). The van der Waals surface area contributed by atoms with E-state index in [9.17, 15) is 8.78 Å². The van der Waals surface area contributed by atoms with Crippen LogP contribution in [0, 0.1) is 17.7 Å². The lowest BCUT2D eigenvalue weighted by Gasteiger charge is -2.23. The third-order valence-electron chi connectivity index (χ3n) is 3.04. The predicted molar refractivity (Wildman–Crippen MR) is 67.4 cm³/mol. The van der Waals surface area contributed by atoms with Crippen LogP contribution < -0.4 is 5.73 Å². The highest BCUT2D eigenvalue weighted by atomic mass is 35.5. The second-order valence-corrected chi connectivity index (χ2v) is 4.98. The van der Waals surface area contributed by atoms with Crippen molar-refractivity contribution in [3.05, 3.63) is 34.6 Å². The average molecular weight is 262 g/mol. The smallest absolute Gasteiger partial charge is 0.145 e. The van der Waals surface area contributed by atoms with Crippen molar-refractivity contribution in [2.45, 2.75) is 26.4 Å². The summed E-state index contributed by atoms with van der Waals surface area (Å²) in [4.78, 5) is 0. The molecule has 2 atom stereocenters. The van der Waals surface area contributed by atoms with Gasteiger partial charge in [-0.2, -0.15) is 0 Å². The molecule has 1 aromatic rings. The Kier molecular flexibility index (Phi) is 5.34. The standard InChI is InChI=1S/C13H18ClF2N/c1-8(2)10(7-17)12(15)6-9-4-3-5-11(14)13(9)16/h3-5,8,10,12H,6-7,17H2,1-2H3. The number of nitrogens with two attached hydrogens (primary N) is 1. The molecule has 0 saturated carbocycles. The normalized spacial score (nSPS) is 15.0. The first-order chi connectivity index (χ1) is 7.97. The van der Waals surface area contributed by atoms with Crippen molar-refractivity contribution in [2.24, 2.45) is 17.6 Å². The van der Waals surface area contributed by atoms with Crippen LogP contribution in [-0.2, 0) is 6.42 Å². The molecule has 0 aromatic heterocycles. The summed E-state index contributed by atoms with van der Waals surface area (Å²) in [6, 6.07) is 4.64. The SMILES string of the molecule is CC(C)C(CN)C(F)Cc1cccc(Cl)c1F. The number of alkyl halides is 1. The van der Waals surface area contributed by atoms with Crippen LogP contribution in [0.25, 0.3) is 0 Å². The van der Waals surface area contributed by atoms with Crippen molar-refractivity contribution in [3.8, 4) is 0 Å². The van der Waals surface area contributed by atoms with E-state index < -0.39 is 12.0 Å². The van der Waals surface area contributed by atoms with Crippen LogP contribution in [-0.4, -0.2) is 12.7 Å². The number of rotatable bonds is 5. The molecule has 4 heteroatoms.